The van der Waals surface area contributed by atoms with Crippen molar-refractivity contribution in [2.24, 2.45) is 5.92 Å². The van der Waals surface area contributed by atoms with E-state index in [1.54, 1.807) is 19.2 Å². The number of anilines is 2. The zero-order valence-electron chi connectivity index (χ0n) is 14.2. The van der Waals surface area contributed by atoms with Crippen molar-refractivity contribution < 1.29 is 14.3 Å². The summed E-state index contributed by atoms with van der Waals surface area (Å²) >= 11 is 0. The van der Waals surface area contributed by atoms with Gasteiger partial charge in [0, 0.05) is 25.7 Å². The predicted octanol–water partition coefficient (Wildman–Crippen LogP) is 2.46. The Morgan fingerprint density at radius 1 is 1.12 bits per heavy atom. The number of hydrogen-bond acceptors (Lipinski definition) is 6. The maximum absolute atomic E-state index is 12.2. The van der Waals surface area contributed by atoms with Crippen molar-refractivity contribution in [2.75, 3.05) is 31.0 Å². The zero-order chi connectivity index (χ0) is 17.5. The van der Waals surface area contributed by atoms with Gasteiger partial charge in [-0.1, -0.05) is 12.1 Å². The van der Waals surface area contributed by atoms with Gasteiger partial charge in [0.05, 0.1) is 7.11 Å². The quantitative estimate of drug-likeness (QED) is 0.839. The highest BCUT2D eigenvalue weighted by Gasteiger charge is 2.21. The third-order valence-corrected chi connectivity index (χ3v) is 4.14. The summed E-state index contributed by atoms with van der Waals surface area (Å²) in [5, 5.41) is 14.2. The number of ether oxygens (including phenoxy) is 2. The molecule has 25 heavy (non-hydrogen) atoms. The van der Waals surface area contributed by atoms with Crippen LogP contribution in [0.5, 0.6) is 5.75 Å². The minimum atomic E-state index is -0.0171. The van der Waals surface area contributed by atoms with Crippen LogP contribution in [0.25, 0.3) is 0 Å². The minimum absolute atomic E-state index is 0.0107. The number of carbonyl (C=O) groups excluding carboxylic acids is 1. The molecule has 1 fully saturated rings. The van der Waals surface area contributed by atoms with Crippen LogP contribution >= 0.6 is 0 Å². The Labute approximate surface area is 146 Å². The smallest absolute Gasteiger partial charge is 0.228 e. The van der Waals surface area contributed by atoms with E-state index in [9.17, 15) is 4.79 Å². The second-order valence-electron chi connectivity index (χ2n) is 5.88. The van der Waals surface area contributed by atoms with E-state index >= 15 is 0 Å². The summed E-state index contributed by atoms with van der Waals surface area (Å²) in [6, 6.07) is 11.4. The average molecular weight is 342 g/mol. The first kappa shape index (κ1) is 17.2. The second kappa shape index (κ2) is 8.43. The van der Waals surface area contributed by atoms with Crippen molar-refractivity contribution in [1.29, 1.82) is 0 Å². The van der Waals surface area contributed by atoms with Crippen LogP contribution in [0.2, 0.25) is 0 Å². The molecule has 2 aromatic rings. The van der Waals surface area contributed by atoms with Crippen molar-refractivity contribution in [3.8, 4) is 5.75 Å². The number of methoxy groups -OCH3 is 1. The van der Waals surface area contributed by atoms with Crippen LogP contribution in [0.1, 0.15) is 18.4 Å². The molecular weight excluding hydrogens is 320 g/mol. The number of benzene rings is 1. The van der Waals surface area contributed by atoms with Crippen molar-refractivity contribution in [3.63, 3.8) is 0 Å². The number of amides is 1. The molecule has 7 nitrogen and oxygen atoms in total. The Balaban J connectivity index is 1.50. The number of hydrogen-bond donors (Lipinski definition) is 2. The highest BCUT2D eigenvalue weighted by atomic mass is 16.5. The van der Waals surface area contributed by atoms with Crippen LogP contribution in [0.4, 0.5) is 11.6 Å². The van der Waals surface area contributed by atoms with Crippen LogP contribution in [-0.2, 0) is 16.1 Å². The number of carbonyl (C=O) groups is 1. The summed E-state index contributed by atoms with van der Waals surface area (Å²) in [6.45, 7) is 1.91. The van der Waals surface area contributed by atoms with Gasteiger partial charge in [-0.05, 0) is 42.7 Å². The van der Waals surface area contributed by atoms with E-state index in [0.29, 0.717) is 31.4 Å². The molecule has 0 spiro atoms. The Kier molecular flexibility index (Phi) is 5.79. The molecule has 0 radical (unpaired) electrons. The molecule has 0 saturated carbocycles. The number of aromatic nitrogens is 2. The molecule has 2 N–H and O–H groups in total. The summed E-state index contributed by atoms with van der Waals surface area (Å²) in [5.41, 5.74) is 1.11. The van der Waals surface area contributed by atoms with E-state index in [1.807, 2.05) is 24.3 Å². The van der Waals surface area contributed by atoms with E-state index in [1.165, 1.54) is 0 Å². The summed E-state index contributed by atoms with van der Waals surface area (Å²) in [6.07, 6.45) is 1.50. The lowest BCUT2D eigenvalue weighted by atomic mass is 9.99. The van der Waals surface area contributed by atoms with Crippen LogP contribution in [0.3, 0.4) is 0 Å². The van der Waals surface area contributed by atoms with Gasteiger partial charge in [0.1, 0.15) is 11.6 Å². The Bertz CT molecular complexity index is 682. The molecule has 7 heteroatoms. The van der Waals surface area contributed by atoms with E-state index < -0.39 is 0 Å². The molecule has 0 bridgehead atoms. The van der Waals surface area contributed by atoms with Crippen LogP contribution in [0.15, 0.2) is 36.4 Å². The van der Waals surface area contributed by atoms with Gasteiger partial charge in [0.25, 0.3) is 0 Å². The highest BCUT2D eigenvalue weighted by molar-refractivity contribution is 5.91. The first-order chi connectivity index (χ1) is 12.2. The third-order valence-electron chi connectivity index (χ3n) is 4.14. The maximum atomic E-state index is 12.2. The SMILES string of the molecule is COc1ccc(CNc2ccc(NC(=O)C3CCOCC3)nn2)cc1. The lowest BCUT2D eigenvalue weighted by molar-refractivity contribution is -0.122. The fourth-order valence-electron chi connectivity index (χ4n) is 2.62. The van der Waals surface area contributed by atoms with E-state index in [0.717, 1.165) is 24.2 Å². The summed E-state index contributed by atoms with van der Waals surface area (Å²) < 4.78 is 10.4. The highest BCUT2D eigenvalue weighted by Crippen LogP contribution is 2.17. The van der Waals surface area contributed by atoms with Gasteiger partial charge < -0.3 is 20.1 Å². The first-order valence-electron chi connectivity index (χ1n) is 8.34. The topological polar surface area (TPSA) is 85.4 Å². The molecule has 0 unspecified atom stereocenters. The molecule has 2 heterocycles. The Hall–Kier alpha value is -2.67. The summed E-state index contributed by atoms with van der Waals surface area (Å²) in [7, 11) is 1.64. The summed E-state index contributed by atoms with van der Waals surface area (Å²) in [4.78, 5) is 12.2. The fourth-order valence-corrected chi connectivity index (χ4v) is 2.62. The molecule has 3 rings (SSSR count). The molecule has 1 aliphatic heterocycles. The normalized spacial score (nSPS) is 14.8. The molecule has 1 aliphatic rings. The van der Waals surface area contributed by atoms with Crippen LogP contribution < -0.4 is 15.4 Å². The molecule has 1 aromatic heterocycles. The first-order valence-corrected chi connectivity index (χ1v) is 8.34. The second-order valence-corrected chi connectivity index (χ2v) is 5.88. The zero-order valence-corrected chi connectivity index (χ0v) is 14.2. The van der Waals surface area contributed by atoms with Gasteiger partial charge in [0.15, 0.2) is 5.82 Å². The Morgan fingerprint density at radius 2 is 1.80 bits per heavy atom. The van der Waals surface area contributed by atoms with Gasteiger partial charge in [-0.25, -0.2) is 0 Å². The lowest BCUT2D eigenvalue weighted by Gasteiger charge is -2.20. The van der Waals surface area contributed by atoms with Crippen molar-refractivity contribution >= 4 is 17.5 Å². The molecule has 132 valence electrons. The van der Waals surface area contributed by atoms with E-state index in [-0.39, 0.29) is 11.8 Å². The van der Waals surface area contributed by atoms with Gasteiger partial charge >= 0.3 is 0 Å². The molecule has 0 atom stereocenters. The monoisotopic (exact) mass is 342 g/mol. The van der Waals surface area contributed by atoms with Crippen molar-refractivity contribution in [1.82, 2.24) is 10.2 Å². The molecule has 0 aliphatic carbocycles. The lowest BCUT2D eigenvalue weighted by Crippen LogP contribution is -2.28. The van der Waals surface area contributed by atoms with Gasteiger partial charge in [-0.3, -0.25) is 4.79 Å². The molecule has 1 aromatic carbocycles. The predicted molar refractivity (Wildman–Crippen MR) is 94.5 cm³/mol. The number of nitrogens with zero attached hydrogens (tertiary/aromatic N) is 2. The Morgan fingerprint density at radius 3 is 2.44 bits per heavy atom. The average Bonchev–Trinajstić information content (AvgIpc) is 2.68. The minimum Gasteiger partial charge on any atom is -0.497 e. The van der Waals surface area contributed by atoms with Crippen LogP contribution in [-0.4, -0.2) is 36.4 Å². The standard InChI is InChI=1S/C18H22N4O3/c1-24-15-4-2-13(3-5-15)12-19-16-6-7-17(22-21-16)20-18(23)14-8-10-25-11-9-14/h2-7,14H,8-12H2,1H3,(H,19,21)(H,20,22,23). The van der Waals surface area contributed by atoms with Gasteiger partial charge in [-0.15, -0.1) is 10.2 Å². The van der Waals surface area contributed by atoms with Crippen molar-refractivity contribution in [3.05, 3.63) is 42.0 Å². The number of nitrogens with one attached hydrogen (secondary N) is 2. The van der Waals surface area contributed by atoms with E-state index in [4.69, 9.17) is 9.47 Å². The van der Waals surface area contributed by atoms with E-state index in [2.05, 4.69) is 20.8 Å². The van der Waals surface area contributed by atoms with Gasteiger partial charge in [0.2, 0.25) is 5.91 Å². The number of rotatable bonds is 6. The fraction of sp³-hybridized carbons (Fsp3) is 0.389. The largest absolute Gasteiger partial charge is 0.497 e. The molecule has 1 amide bonds. The van der Waals surface area contributed by atoms with Crippen molar-refractivity contribution in [2.45, 2.75) is 19.4 Å². The molecular formula is C18H22N4O3. The third kappa shape index (κ3) is 4.90. The summed E-state index contributed by atoms with van der Waals surface area (Å²) in [5.74, 6) is 1.92. The van der Waals surface area contributed by atoms with Crippen LogP contribution in [0, 0.1) is 5.92 Å². The maximum Gasteiger partial charge on any atom is 0.228 e. The van der Waals surface area contributed by atoms with Gasteiger partial charge in [-0.2, -0.15) is 0 Å². The molecule has 1 saturated heterocycles.